The van der Waals surface area contributed by atoms with Crippen LogP contribution in [0.4, 0.5) is 0 Å². The van der Waals surface area contributed by atoms with Gasteiger partial charge in [-0.05, 0) is 0 Å². The molecule has 0 aromatic heterocycles. The SMILES string of the molecule is [CH2]=[Zr+2]([C]1=CC=CC1)[C]1=CC(C)=C(C)C1.[H-].[H-]. The van der Waals surface area contributed by atoms with Crippen LogP contribution in [0.2, 0.25) is 0 Å². The summed E-state index contributed by atoms with van der Waals surface area (Å²) in [4.78, 5) is 0. The predicted molar refractivity (Wildman–Crippen MR) is 62.3 cm³/mol. The number of rotatable bonds is 2. The Morgan fingerprint density at radius 2 is 2.14 bits per heavy atom. The van der Waals surface area contributed by atoms with Crippen LogP contribution in [0.15, 0.2) is 42.0 Å². The van der Waals surface area contributed by atoms with E-state index in [9.17, 15) is 0 Å². The van der Waals surface area contributed by atoms with Crippen molar-refractivity contribution in [1.29, 1.82) is 0 Å². The molecule has 1 heteroatoms. The van der Waals surface area contributed by atoms with Crippen molar-refractivity contribution in [2.45, 2.75) is 26.7 Å². The summed E-state index contributed by atoms with van der Waals surface area (Å²) in [6, 6.07) is 0. The molecule has 14 heavy (non-hydrogen) atoms. The van der Waals surface area contributed by atoms with Crippen LogP contribution in [0, 0.1) is 0 Å². The number of hydrogen-bond acceptors (Lipinski definition) is 0. The molecular weight excluding hydrogens is 247 g/mol. The van der Waals surface area contributed by atoms with Crippen LogP contribution in [0.1, 0.15) is 29.5 Å². The first-order valence-corrected chi connectivity index (χ1v) is 9.30. The Hall–Kier alpha value is -0.287. The molecule has 0 aromatic rings. The predicted octanol–water partition coefficient (Wildman–Crippen LogP) is 3.73. The van der Waals surface area contributed by atoms with Gasteiger partial charge < -0.3 is 2.85 Å². The molecule has 0 nitrogen and oxygen atoms in total. The van der Waals surface area contributed by atoms with Gasteiger partial charge in [0.15, 0.2) is 0 Å². The van der Waals surface area contributed by atoms with Crippen molar-refractivity contribution in [3.05, 3.63) is 42.0 Å². The van der Waals surface area contributed by atoms with Crippen molar-refractivity contribution in [3.8, 4) is 0 Å². The van der Waals surface area contributed by atoms with Crippen LogP contribution < -0.4 is 0 Å². The second-order valence-corrected chi connectivity index (χ2v) is 9.62. The van der Waals surface area contributed by atoms with E-state index in [1.54, 1.807) is 12.1 Å². The molecule has 0 N–H and O–H groups in total. The minimum absolute atomic E-state index is 0. The summed E-state index contributed by atoms with van der Waals surface area (Å²) in [6.07, 6.45) is 11.5. The van der Waals surface area contributed by atoms with Gasteiger partial charge in [0.05, 0.1) is 0 Å². The average molecular weight is 266 g/mol. The summed E-state index contributed by atoms with van der Waals surface area (Å²) in [5.74, 6) is 0. The summed E-state index contributed by atoms with van der Waals surface area (Å²) in [5, 5.41) is 0. The van der Waals surface area contributed by atoms with E-state index < -0.39 is 21.3 Å². The van der Waals surface area contributed by atoms with Crippen LogP contribution in [0.25, 0.3) is 0 Å². The van der Waals surface area contributed by atoms with E-state index in [0.717, 1.165) is 0 Å². The van der Waals surface area contributed by atoms with E-state index in [2.05, 4.69) is 42.4 Å². The van der Waals surface area contributed by atoms with E-state index in [1.165, 1.54) is 18.4 Å². The van der Waals surface area contributed by atoms with Gasteiger partial charge in [0.25, 0.3) is 0 Å². The van der Waals surface area contributed by atoms with Crippen molar-refractivity contribution < 1.29 is 24.1 Å². The normalized spacial score (nSPS) is 19.5. The maximum absolute atomic E-state index is 4.46. The van der Waals surface area contributed by atoms with Gasteiger partial charge in [0.2, 0.25) is 0 Å². The molecule has 0 bridgehead atoms. The van der Waals surface area contributed by atoms with Gasteiger partial charge in [0, 0.05) is 0 Å². The summed E-state index contributed by atoms with van der Waals surface area (Å²) in [6.45, 7) is 4.47. The van der Waals surface area contributed by atoms with Crippen molar-refractivity contribution in [1.82, 2.24) is 0 Å². The molecule has 0 heterocycles. The molecule has 2 aliphatic carbocycles. The van der Waals surface area contributed by atoms with Crippen molar-refractivity contribution in [2.24, 2.45) is 0 Å². The Morgan fingerprint density at radius 3 is 2.64 bits per heavy atom. The van der Waals surface area contributed by atoms with E-state index in [0.29, 0.717) is 0 Å². The van der Waals surface area contributed by atoms with Gasteiger partial charge in [-0.2, -0.15) is 0 Å². The molecule has 0 fully saturated rings. The summed E-state index contributed by atoms with van der Waals surface area (Å²) >= 11 is -1.60. The third kappa shape index (κ3) is 1.88. The first-order valence-electron chi connectivity index (χ1n) is 5.11. The molecule has 0 aromatic carbocycles. The Bertz CT molecular complexity index is 412. The maximum atomic E-state index is 4.46. The van der Waals surface area contributed by atoms with Crippen LogP contribution in [-0.2, 0) is 21.3 Å². The fourth-order valence-electron chi connectivity index (χ4n) is 1.93. The van der Waals surface area contributed by atoms with Gasteiger partial charge in [-0.15, -0.1) is 0 Å². The fraction of sp³-hybridized carbons (Fsp3) is 0.308. The number of hydrogen-bond donors (Lipinski definition) is 0. The summed E-state index contributed by atoms with van der Waals surface area (Å²) in [7, 11) is 0. The van der Waals surface area contributed by atoms with Crippen molar-refractivity contribution >= 4 is 4.21 Å². The van der Waals surface area contributed by atoms with E-state index in [1.807, 2.05) is 0 Å². The molecule has 2 aliphatic rings. The first-order chi connectivity index (χ1) is 6.68. The molecule has 2 rings (SSSR count). The quantitative estimate of drug-likeness (QED) is 0.714. The largest absolute Gasteiger partial charge is 1.00 e. The molecule has 0 amide bonds. The van der Waals surface area contributed by atoms with Gasteiger partial charge in [-0.3, -0.25) is 0 Å². The maximum Gasteiger partial charge on any atom is -1.00 e. The summed E-state index contributed by atoms with van der Waals surface area (Å²) < 4.78 is 7.80. The zero-order chi connectivity index (χ0) is 10.1. The fourth-order valence-corrected chi connectivity index (χ4v) is 6.71. The first kappa shape index (κ1) is 10.2. The second-order valence-electron chi connectivity index (χ2n) is 4.11. The Morgan fingerprint density at radius 1 is 1.36 bits per heavy atom. The zero-order valence-electron chi connectivity index (χ0n) is 10.9. The van der Waals surface area contributed by atoms with Crippen LogP contribution in [0.5, 0.6) is 0 Å². The monoisotopic (exact) mass is 264 g/mol. The molecular formula is C13H18Zr. The molecule has 0 radical (unpaired) electrons. The Kier molecular flexibility index (Phi) is 2.97. The minimum atomic E-state index is -1.60. The van der Waals surface area contributed by atoms with Crippen LogP contribution in [-0.4, -0.2) is 4.21 Å². The number of allylic oxidation sites excluding steroid dienone is 8. The van der Waals surface area contributed by atoms with E-state index in [4.69, 9.17) is 0 Å². The third-order valence-corrected chi connectivity index (χ3v) is 8.58. The standard InChI is InChI=1S/C7H9.C5H5.CH2.Zr.2H/c1-6-4-3-5-7(6)2;1-2-4-5-3-1;;;;/h4H,5H2,1-2H3;1-3H,4H2;1H2;;;/q;;;+2;2*-1. The molecule has 0 spiro atoms. The van der Waals surface area contributed by atoms with Crippen molar-refractivity contribution in [3.63, 3.8) is 0 Å². The minimum Gasteiger partial charge on any atom is -1.00 e. The molecule has 0 unspecified atom stereocenters. The van der Waals surface area contributed by atoms with E-state index >= 15 is 0 Å². The molecule has 0 atom stereocenters. The molecule has 0 saturated heterocycles. The second kappa shape index (κ2) is 4.07. The van der Waals surface area contributed by atoms with Crippen LogP contribution >= 0.6 is 0 Å². The Labute approximate surface area is 96.8 Å². The topological polar surface area (TPSA) is 0 Å². The van der Waals surface area contributed by atoms with Crippen LogP contribution in [0.3, 0.4) is 0 Å². The molecule has 74 valence electrons. The van der Waals surface area contributed by atoms with Gasteiger partial charge >= 0.3 is 94.2 Å². The average Bonchev–Trinajstić information content (AvgIpc) is 2.76. The molecule has 0 saturated carbocycles. The summed E-state index contributed by atoms with van der Waals surface area (Å²) in [5.41, 5.74) is 3.03. The smallest absolute Gasteiger partial charge is 1.00 e. The Balaban J connectivity index is 0.00000112. The third-order valence-electron chi connectivity index (χ3n) is 3.07. The van der Waals surface area contributed by atoms with Gasteiger partial charge in [-0.1, -0.05) is 0 Å². The van der Waals surface area contributed by atoms with Gasteiger partial charge in [0.1, 0.15) is 0 Å². The molecule has 0 aliphatic heterocycles. The zero-order valence-corrected chi connectivity index (χ0v) is 11.4. The van der Waals surface area contributed by atoms with E-state index in [-0.39, 0.29) is 2.85 Å². The van der Waals surface area contributed by atoms with Gasteiger partial charge in [-0.25, -0.2) is 0 Å². The van der Waals surface area contributed by atoms with Crippen molar-refractivity contribution in [2.75, 3.05) is 0 Å².